The van der Waals surface area contributed by atoms with E-state index in [-0.39, 0.29) is 6.61 Å². The fourth-order valence-electron chi connectivity index (χ4n) is 2.25. The number of carbonyl (C=O) groups excluding carboxylic acids is 1. The molecule has 0 aliphatic rings. The standard InChI is InChI=1S/C16H15ClN4O2/c1-3-23-16(22)12-9-18-14-6-7-19-21(14)15(12)20-13-5-4-11(17)8-10(13)2/h4-9,20H,3H2,1-2H3. The van der Waals surface area contributed by atoms with Gasteiger partial charge in [0.05, 0.1) is 12.8 Å². The molecule has 0 spiro atoms. The van der Waals surface area contributed by atoms with E-state index in [1.807, 2.05) is 19.1 Å². The molecule has 2 heterocycles. The molecule has 0 saturated heterocycles. The van der Waals surface area contributed by atoms with Crippen molar-refractivity contribution in [3.63, 3.8) is 0 Å². The number of esters is 1. The van der Waals surface area contributed by atoms with E-state index in [1.54, 1.807) is 29.8 Å². The molecule has 0 aliphatic carbocycles. The third-order valence-electron chi connectivity index (χ3n) is 3.35. The molecule has 23 heavy (non-hydrogen) atoms. The number of nitrogens with zero attached hydrogens (tertiary/aromatic N) is 3. The lowest BCUT2D eigenvalue weighted by Gasteiger charge is -2.14. The van der Waals surface area contributed by atoms with Crippen LogP contribution in [0.25, 0.3) is 5.65 Å². The lowest BCUT2D eigenvalue weighted by molar-refractivity contribution is 0.0526. The second kappa shape index (κ2) is 6.26. The molecule has 0 amide bonds. The normalized spacial score (nSPS) is 10.7. The van der Waals surface area contributed by atoms with Crippen LogP contribution in [0.1, 0.15) is 22.8 Å². The highest BCUT2D eigenvalue weighted by Gasteiger charge is 2.18. The molecule has 0 atom stereocenters. The summed E-state index contributed by atoms with van der Waals surface area (Å²) in [5.74, 6) is 0.0513. The first-order valence-electron chi connectivity index (χ1n) is 7.13. The maximum Gasteiger partial charge on any atom is 0.343 e. The van der Waals surface area contributed by atoms with Crippen molar-refractivity contribution in [1.82, 2.24) is 14.6 Å². The first-order chi connectivity index (χ1) is 11.1. The van der Waals surface area contributed by atoms with Crippen LogP contribution >= 0.6 is 11.6 Å². The Balaban J connectivity index is 2.11. The monoisotopic (exact) mass is 330 g/mol. The average molecular weight is 331 g/mol. The van der Waals surface area contributed by atoms with Crippen molar-refractivity contribution in [3.05, 3.63) is 52.8 Å². The van der Waals surface area contributed by atoms with E-state index < -0.39 is 5.97 Å². The minimum atomic E-state index is -0.452. The molecule has 0 radical (unpaired) electrons. The van der Waals surface area contributed by atoms with Crippen molar-refractivity contribution in [2.24, 2.45) is 0 Å². The molecule has 0 aliphatic heterocycles. The van der Waals surface area contributed by atoms with Crippen LogP contribution < -0.4 is 5.32 Å². The van der Waals surface area contributed by atoms with Gasteiger partial charge in [-0.05, 0) is 37.6 Å². The number of anilines is 2. The molecule has 3 aromatic rings. The third-order valence-corrected chi connectivity index (χ3v) is 3.59. The SMILES string of the molecule is CCOC(=O)c1cnc2ccnn2c1Nc1ccc(Cl)cc1C. The van der Waals surface area contributed by atoms with Crippen LogP contribution in [0.5, 0.6) is 0 Å². The Bertz CT molecular complexity index is 876. The Hall–Kier alpha value is -2.60. The highest BCUT2D eigenvalue weighted by Crippen LogP contribution is 2.26. The summed E-state index contributed by atoms with van der Waals surface area (Å²) in [6, 6.07) is 7.23. The molecular formula is C16H15ClN4O2. The van der Waals surface area contributed by atoms with Gasteiger partial charge in [0.15, 0.2) is 11.5 Å². The number of rotatable bonds is 4. The van der Waals surface area contributed by atoms with Crippen molar-refractivity contribution < 1.29 is 9.53 Å². The van der Waals surface area contributed by atoms with E-state index in [2.05, 4.69) is 15.4 Å². The molecule has 0 bridgehead atoms. The number of nitrogens with one attached hydrogen (secondary N) is 1. The van der Waals surface area contributed by atoms with Gasteiger partial charge in [0.1, 0.15) is 5.56 Å². The van der Waals surface area contributed by atoms with Crippen molar-refractivity contribution >= 4 is 34.7 Å². The zero-order valence-electron chi connectivity index (χ0n) is 12.7. The van der Waals surface area contributed by atoms with Gasteiger partial charge in [-0.25, -0.2) is 9.78 Å². The molecule has 3 rings (SSSR count). The molecule has 0 fully saturated rings. The fourth-order valence-corrected chi connectivity index (χ4v) is 2.47. The first kappa shape index (κ1) is 15.3. The van der Waals surface area contributed by atoms with Crippen molar-refractivity contribution in [1.29, 1.82) is 0 Å². The molecule has 0 unspecified atom stereocenters. The van der Waals surface area contributed by atoms with E-state index >= 15 is 0 Å². The van der Waals surface area contributed by atoms with Gasteiger partial charge in [0.25, 0.3) is 0 Å². The highest BCUT2D eigenvalue weighted by molar-refractivity contribution is 6.30. The summed E-state index contributed by atoms with van der Waals surface area (Å²) in [6.07, 6.45) is 3.11. The lowest BCUT2D eigenvalue weighted by atomic mass is 10.2. The predicted octanol–water partition coefficient (Wildman–Crippen LogP) is 3.61. The summed E-state index contributed by atoms with van der Waals surface area (Å²) >= 11 is 5.99. The van der Waals surface area contributed by atoms with E-state index in [4.69, 9.17) is 16.3 Å². The number of hydrogen-bond donors (Lipinski definition) is 1. The molecule has 1 aromatic carbocycles. The number of hydrogen-bond acceptors (Lipinski definition) is 5. The van der Waals surface area contributed by atoms with Crippen LogP contribution in [-0.4, -0.2) is 27.2 Å². The van der Waals surface area contributed by atoms with E-state index in [0.717, 1.165) is 11.3 Å². The van der Waals surface area contributed by atoms with Crippen LogP contribution in [0.4, 0.5) is 11.5 Å². The van der Waals surface area contributed by atoms with Gasteiger partial charge >= 0.3 is 5.97 Å². The Morgan fingerprint density at radius 1 is 1.39 bits per heavy atom. The molecule has 6 nitrogen and oxygen atoms in total. The van der Waals surface area contributed by atoms with Gasteiger partial charge in [-0.3, -0.25) is 0 Å². The number of benzene rings is 1. The van der Waals surface area contributed by atoms with E-state index in [1.165, 1.54) is 6.20 Å². The van der Waals surface area contributed by atoms with Crippen LogP contribution in [0.2, 0.25) is 5.02 Å². The maximum atomic E-state index is 12.2. The van der Waals surface area contributed by atoms with Gasteiger partial charge in [0.2, 0.25) is 0 Å². The van der Waals surface area contributed by atoms with E-state index in [0.29, 0.717) is 22.1 Å². The zero-order valence-corrected chi connectivity index (χ0v) is 13.5. The van der Waals surface area contributed by atoms with Crippen LogP contribution in [0.3, 0.4) is 0 Å². The molecule has 1 N–H and O–H groups in total. The first-order valence-corrected chi connectivity index (χ1v) is 7.51. The summed E-state index contributed by atoms with van der Waals surface area (Å²) in [4.78, 5) is 16.4. The third kappa shape index (κ3) is 2.98. The molecule has 0 saturated carbocycles. The lowest BCUT2D eigenvalue weighted by Crippen LogP contribution is -2.13. The van der Waals surface area contributed by atoms with Crippen LogP contribution in [-0.2, 0) is 4.74 Å². The van der Waals surface area contributed by atoms with Gasteiger partial charge in [-0.1, -0.05) is 11.6 Å². The number of ether oxygens (including phenoxy) is 1. The van der Waals surface area contributed by atoms with Gasteiger partial charge < -0.3 is 10.1 Å². The number of halogens is 1. The maximum absolute atomic E-state index is 12.2. The number of aromatic nitrogens is 3. The molecular weight excluding hydrogens is 316 g/mol. The minimum absolute atomic E-state index is 0.287. The Morgan fingerprint density at radius 2 is 2.22 bits per heavy atom. The summed E-state index contributed by atoms with van der Waals surface area (Å²) in [6.45, 7) is 3.98. The second-order valence-electron chi connectivity index (χ2n) is 4.93. The summed E-state index contributed by atoms with van der Waals surface area (Å²) in [5.41, 5.74) is 2.72. The van der Waals surface area contributed by atoms with Crippen molar-refractivity contribution in [2.45, 2.75) is 13.8 Å². The number of carbonyl (C=O) groups is 1. The highest BCUT2D eigenvalue weighted by atomic mass is 35.5. The van der Waals surface area contributed by atoms with Gasteiger partial charge in [0, 0.05) is 23.0 Å². The van der Waals surface area contributed by atoms with Crippen molar-refractivity contribution in [3.8, 4) is 0 Å². The van der Waals surface area contributed by atoms with Gasteiger partial charge in [-0.2, -0.15) is 9.61 Å². The molecule has 118 valence electrons. The fraction of sp³-hybridized carbons (Fsp3) is 0.188. The summed E-state index contributed by atoms with van der Waals surface area (Å²) in [7, 11) is 0. The Kier molecular flexibility index (Phi) is 4.16. The number of fused-ring (bicyclic) bond motifs is 1. The quantitative estimate of drug-likeness (QED) is 0.740. The summed E-state index contributed by atoms with van der Waals surface area (Å²) in [5, 5.41) is 8.11. The van der Waals surface area contributed by atoms with Crippen LogP contribution in [0, 0.1) is 6.92 Å². The topological polar surface area (TPSA) is 68.5 Å². The van der Waals surface area contributed by atoms with Crippen molar-refractivity contribution in [2.75, 3.05) is 11.9 Å². The smallest absolute Gasteiger partial charge is 0.343 e. The molecule has 7 heteroatoms. The van der Waals surface area contributed by atoms with Gasteiger partial charge in [-0.15, -0.1) is 0 Å². The summed E-state index contributed by atoms with van der Waals surface area (Å²) < 4.78 is 6.67. The zero-order chi connectivity index (χ0) is 16.4. The van der Waals surface area contributed by atoms with Crippen LogP contribution in [0.15, 0.2) is 36.7 Å². The molecule has 2 aromatic heterocycles. The largest absolute Gasteiger partial charge is 0.462 e. The second-order valence-corrected chi connectivity index (χ2v) is 5.36. The van der Waals surface area contributed by atoms with E-state index in [9.17, 15) is 4.79 Å². The number of aryl methyl sites for hydroxylation is 1. The Labute approximate surface area is 138 Å². The predicted molar refractivity (Wildman–Crippen MR) is 88.4 cm³/mol. The Morgan fingerprint density at radius 3 is 2.96 bits per heavy atom. The minimum Gasteiger partial charge on any atom is -0.462 e. The average Bonchev–Trinajstić information content (AvgIpc) is 2.99.